The van der Waals surface area contributed by atoms with Crippen LogP contribution in [-0.4, -0.2) is 5.91 Å². The van der Waals surface area contributed by atoms with Crippen molar-refractivity contribution in [3.8, 4) is 5.75 Å². The first-order chi connectivity index (χ1) is 12.7. The first-order valence-electron chi connectivity index (χ1n) is 8.47. The SMILES string of the molecule is CCC(NC(=O)c1cc(COc2ccc(F)cc2)cs1)c1ccccc1. The van der Waals surface area contributed by atoms with Crippen molar-refractivity contribution in [1.82, 2.24) is 5.32 Å². The number of carbonyl (C=O) groups is 1. The number of amides is 1. The molecule has 5 heteroatoms. The number of carbonyl (C=O) groups excluding carboxylic acids is 1. The van der Waals surface area contributed by atoms with Gasteiger partial charge in [0.2, 0.25) is 0 Å². The number of benzene rings is 2. The minimum atomic E-state index is -0.296. The highest BCUT2D eigenvalue weighted by molar-refractivity contribution is 7.12. The van der Waals surface area contributed by atoms with Crippen LogP contribution in [0.3, 0.4) is 0 Å². The van der Waals surface area contributed by atoms with E-state index in [1.807, 2.05) is 48.7 Å². The molecule has 1 N–H and O–H groups in total. The molecule has 26 heavy (non-hydrogen) atoms. The van der Waals surface area contributed by atoms with Gasteiger partial charge in [-0.05, 0) is 47.7 Å². The van der Waals surface area contributed by atoms with Gasteiger partial charge in [-0.1, -0.05) is 37.3 Å². The molecule has 0 aliphatic rings. The van der Waals surface area contributed by atoms with Crippen molar-refractivity contribution >= 4 is 17.2 Å². The molecule has 0 fully saturated rings. The molecule has 1 amide bonds. The van der Waals surface area contributed by atoms with Crippen LogP contribution in [0.15, 0.2) is 66.0 Å². The Hall–Kier alpha value is -2.66. The number of nitrogens with one attached hydrogen (secondary N) is 1. The van der Waals surface area contributed by atoms with Crippen LogP contribution in [0, 0.1) is 5.82 Å². The lowest BCUT2D eigenvalue weighted by Crippen LogP contribution is -2.27. The van der Waals surface area contributed by atoms with E-state index in [0.29, 0.717) is 17.2 Å². The van der Waals surface area contributed by atoms with Crippen LogP contribution in [0.25, 0.3) is 0 Å². The third kappa shape index (κ3) is 4.70. The van der Waals surface area contributed by atoms with Crippen LogP contribution in [0.2, 0.25) is 0 Å². The zero-order valence-corrected chi connectivity index (χ0v) is 15.3. The summed E-state index contributed by atoms with van der Waals surface area (Å²) in [6, 6.07) is 17.7. The average molecular weight is 369 g/mol. The lowest BCUT2D eigenvalue weighted by molar-refractivity contribution is 0.0939. The molecule has 1 heterocycles. The van der Waals surface area contributed by atoms with Crippen LogP contribution in [0.4, 0.5) is 4.39 Å². The van der Waals surface area contributed by atoms with Gasteiger partial charge in [-0.25, -0.2) is 4.39 Å². The van der Waals surface area contributed by atoms with Crippen molar-refractivity contribution in [3.05, 3.63) is 87.9 Å². The third-order valence-electron chi connectivity index (χ3n) is 4.01. The standard InChI is InChI=1S/C21H20FNO2S/c1-2-19(16-6-4-3-5-7-16)23-21(24)20-12-15(14-26-20)13-25-18-10-8-17(22)9-11-18/h3-12,14,19H,2,13H2,1H3,(H,23,24). The van der Waals surface area contributed by atoms with E-state index in [9.17, 15) is 9.18 Å². The van der Waals surface area contributed by atoms with E-state index in [-0.39, 0.29) is 17.8 Å². The maximum absolute atomic E-state index is 12.9. The van der Waals surface area contributed by atoms with Crippen LogP contribution in [0.5, 0.6) is 5.75 Å². The Kier molecular flexibility index (Phi) is 6.02. The number of hydrogen-bond donors (Lipinski definition) is 1. The number of hydrogen-bond acceptors (Lipinski definition) is 3. The minimum absolute atomic E-state index is 0.00952. The van der Waals surface area contributed by atoms with Crippen LogP contribution in [0.1, 0.15) is 40.2 Å². The van der Waals surface area contributed by atoms with Gasteiger partial charge in [-0.2, -0.15) is 0 Å². The van der Waals surface area contributed by atoms with Crippen molar-refractivity contribution in [2.75, 3.05) is 0 Å². The van der Waals surface area contributed by atoms with E-state index in [0.717, 1.165) is 17.5 Å². The molecule has 2 aromatic carbocycles. The topological polar surface area (TPSA) is 38.3 Å². The van der Waals surface area contributed by atoms with Gasteiger partial charge in [0.05, 0.1) is 10.9 Å². The molecule has 0 aliphatic carbocycles. The fourth-order valence-corrected chi connectivity index (χ4v) is 3.40. The van der Waals surface area contributed by atoms with Crippen molar-refractivity contribution in [1.29, 1.82) is 0 Å². The van der Waals surface area contributed by atoms with E-state index in [4.69, 9.17) is 4.74 Å². The molecule has 3 aromatic rings. The predicted octanol–water partition coefficient (Wildman–Crippen LogP) is 5.35. The summed E-state index contributed by atoms with van der Waals surface area (Å²) < 4.78 is 18.5. The zero-order chi connectivity index (χ0) is 18.4. The highest BCUT2D eigenvalue weighted by Crippen LogP contribution is 2.21. The lowest BCUT2D eigenvalue weighted by atomic mass is 10.0. The molecule has 0 radical (unpaired) electrons. The van der Waals surface area contributed by atoms with Gasteiger partial charge in [0.1, 0.15) is 18.2 Å². The Bertz CT molecular complexity index is 846. The normalized spacial score (nSPS) is 11.8. The van der Waals surface area contributed by atoms with Crippen molar-refractivity contribution in [2.45, 2.75) is 26.0 Å². The van der Waals surface area contributed by atoms with Gasteiger partial charge in [-0.15, -0.1) is 11.3 Å². The van der Waals surface area contributed by atoms with Gasteiger partial charge < -0.3 is 10.1 Å². The van der Waals surface area contributed by atoms with Gasteiger partial charge in [0.15, 0.2) is 0 Å². The maximum atomic E-state index is 12.9. The third-order valence-corrected chi connectivity index (χ3v) is 4.99. The summed E-state index contributed by atoms with van der Waals surface area (Å²) in [6.45, 7) is 2.39. The van der Waals surface area contributed by atoms with Gasteiger partial charge in [-0.3, -0.25) is 4.79 Å². The molecular formula is C21H20FNO2S. The Morgan fingerprint density at radius 3 is 2.58 bits per heavy atom. The van der Waals surface area contributed by atoms with Crippen molar-refractivity contribution < 1.29 is 13.9 Å². The summed E-state index contributed by atoms with van der Waals surface area (Å²) in [5.74, 6) is 0.216. The van der Waals surface area contributed by atoms with Gasteiger partial charge in [0, 0.05) is 5.56 Å². The van der Waals surface area contributed by atoms with Gasteiger partial charge in [0.25, 0.3) is 5.91 Å². The molecule has 0 saturated carbocycles. The second kappa shape index (κ2) is 8.63. The summed E-state index contributed by atoms with van der Waals surface area (Å²) in [7, 11) is 0. The fourth-order valence-electron chi connectivity index (χ4n) is 2.60. The Labute approximate surface area is 156 Å². The van der Waals surface area contributed by atoms with Crippen molar-refractivity contribution in [3.63, 3.8) is 0 Å². The molecule has 0 saturated heterocycles. The number of thiophene rings is 1. The van der Waals surface area contributed by atoms with E-state index in [1.165, 1.54) is 23.5 Å². The summed E-state index contributed by atoms with van der Waals surface area (Å²) >= 11 is 1.39. The van der Waals surface area contributed by atoms with E-state index in [1.54, 1.807) is 12.1 Å². The molecule has 3 rings (SSSR count). The summed E-state index contributed by atoms with van der Waals surface area (Å²) in [5.41, 5.74) is 2.01. The predicted molar refractivity (Wildman–Crippen MR) is 102 cm³/mol. The van der Waals surface area contributed by atoms with Crippen LogP contribution < -0.4 is 10.1 Å². The number of ether oxygens (including phenoxy) is 1. The number of rotatable bonds is 7. The monoisotopic (exact) mass is 369 g/mol. The van der Waals surface area contributed by atoms with Crippen LogP contribution in [-0.2, 0) is 6.61 Å². The summed E-state index contributed by atoms with van der Waals surface area (Å²) in [4.78, 5) is 13.2. The average Bonchev–Trinajstić information content (AvgIpc) is 3.15. The molecule has 1 aromatic heterocycles. The minimum Gasteiger partial charge on any atom is -0.489 e. The highest BCUT2D eigenvalue weighted by Gasteiger charge is 2.15. The fraction of sp³-hybridized carbons (Fsp3) is 0.190. The molecule has 3 nitrogen and oxygen atoms in total. The molecule has 0 bridgehead atoms. The first-order valence-corrected chi connectivity index (χ1v) is 9.35. The first kappa shape index (κ1) is 18.1. The summed E-state index contributed by atoms with van der Waals surface area (Å²) in [5, 5.41) is 4.99. The Balaban J connectivity index is 1.59. The highest BCUT2D eigenvalue weighted by atomic mass is 32.1. The van der Waals surface area contributed by atoms with Gasteiger partial charge >= 0.3 is 0 Å². The summed E-state index contributed by atoms with van der Waals surface area (Å²) in [6.07, 6.45) is 0.821. The van der Waals surface area contributed by atoms with Crippen molar-refractivity contribution in [2.24, 2.45) is 0 Å². The Morgan fingerprint density at radius 2 is 1.88 bits per heavy atom. The second-order valence-electron chi connectivity index (χ2n) is 5.91. The molecule has 1 unspecified atom stereocenters. The second-order valence-corrected chi connectivity index (χ2v) is 6.82. The maximum Gasteiger partial charge on any atom is 0.261 e. The molecule has 1 atom stereocenters. The van der Waals surface area contributed by atoms with E-state index < -0.39 is 0 Å². The largest absolute Gasteiger partial charge is 0.489 e. The molecule has 0 aliphatic heterocycles. The molecular weight excluding hydrogens is 349 g/mol. The van der Waals surface area contributed by atoms with E-state index >= 15 is 0 Å². The zero-order valence-electron chi connectivity index (χ0n) is 14.4. The smallest absolute Gasteiger partial charge is 0.261 e. The Morgan fingerprint density at radius 1 is 1.15 bits per heavy atom. The quantitative estimate of drug-likeness (QED) is 0.610. The van der Waals surface area contributed by atoms with Crippen LogP contribution >= 0.6 is 11.3 Å². The van der Waals surface area contributed by atoms with E-state index in [2.05, 4.69) is 5.32 Å². The molecule has 0 spiro atoms. The lowest BCUT2D eigenvalue weighted by Gasteiger charge is -2.16. The number of halogens is 1. The molecule has 134 valence electrons.